The zero-order valence-electron chi connectivity index (χ0n) is 14.2. The van der Waals surface area contributed by atoms with Crippen molar-refractivity contribution >= 4 is 17.5 Å². The number of hydrogen-bond acceptors (Lipinski definition) is 3. The Morgan fingerprint density at radius 3 is 2.35 bits per heavy atom. The van der Waals surface area contributed by atoms with Crippen molar-refractivity contribution in [3.05, 3.63) is 29.8 Å². The van der Waals surface area contributed by atoms with Crippen molar-refractivity contribution in [1.29, 1.82) is 0 Å². The van der Waals surface area contributed by atoms with E-state index >= 15 is 0 Å². The number of rotatable bonds is 5. The lowest BCUT2D eigenvalue weighted by Crippen LogP contribution is -2.47. The number of amides is 2. The number of carbonyl (C=O) groups is 2. The topological polar surface area (TPSA) is 49.9 Å². The quantitative estimate of drug-likeness (QED) is 0.837. The maximum Gasteiger partial charge on any atom is 0.256 e. The molecule has 5 nitrogen and oxygen atoms in total. The molecule has 2 rings (SSSR count). The molecule has 0 spiro atoms. The fourth-order valence-corrected chi connectivity index (χ4v) is 2.72. The summed E-state index contributed by atoms with van der Waals surface area (Å²) >= 11 is 0. The summed E-state index contributed by atoms with van der Waals surface area (Å²) in [6.07, 6.45) is 2.67. The Morgan fingerprint density at radius 2 is 1.78 bits per heavy atom. The normalized spacial score (nSPS) is 16.0. The Morgan fingerprint density at radius 1 is 1.17 bits per heavy atom. The average Bonchev–Trinajstić information content (AvgIpc) is 2.59. The molecule has 1 aromatic carbocycles. The Labute approximate surface area is 138 Å². The minimum atomic E-state index is -0.578. The predicted molar refractivity (Wildman–Crippen MR) is 90.4 cm³/mol. The number of aryl methyl sites for hydroxylation is 1. The van der Waals surface area contributed by atoms with Gasteiger partial charge in [-0.1, -0.05) is 17.7 Å². The monoisotopic (exact) mass is 318 g/mol. The molecule has 2 amide bonds. The summed E-state index contributed by atoms with van der Waals surface area (Å²) < 4.78 is 5.15. The van der Waals surface area contributed by atoms with E-state index < -0.39 is 6.10 Å². The number of hydrogen-bond donors (Lipinski definition) is 0. The molecular formula is C18H26N2O3. The number of nitrogens with zero attached hydrogens (tertiary/aromatic N) is 2. The summed E-state index contributed by atoms with van der Waals surface area (Å²) in [6, 6.07) is 7.63. The Hall–Kier alpha value is -1.88. The van der Waals surface area contributed by atoms with Gasteiger partial charge in [-0.15, -0.1) is 0 Å². The molecule has 1 unspecified atom stereocenters. The highest BCUT2D eigenvalue weighted by atomic mass is 16.5. The van der Waals surface area contributed by atoms with Crippen LogP contribution in [-0.2, 0) is 14.3 Å². The van der Waals surface area contributed by atoms with Crippen LogP contribution in [0.2, 0.25) is 0 Å². The van der Waals surface area contributed by atoms with E-state index in [1.54, 1.807) is 6.92 Å². The molecule has 0 bridgehead atoms. The standard InChI is InChI=1S/C18H26N2O3/c1-14-7-9-16(10-8-14)20(18(22)15(2)23-3)13-17(21)19-11-5-4-6-12-19/h7-10,15H,4-6,11-13H2,1-3H3. The highest BCUT2D eigenvalue weighted by molar-refractivity contribution is 6.00. The number of benzene rings is 1. The first-order valence-corrected chi connectivity index (χ1v) is 8.21. The number of methoxy groups -OCH3 is 1. The van der Waals surface area contributed by atoms with Gasteiger partial charge in [-0.2, -0.15) is 0 Å². The van der Waals surface area contributed by atoms with Crippen molar-refractivity contribution in [3.8, 4) is 0 Å². The average molecular weight is 318 g/mol. The second-order valence-electron chi connectivity index (χ2n) is 6.08. The third-order valence-electron chi connectivity index (χ3n) is 4.32. The van der Waals surface area contributed by atoms with Crippen LogP contribution in [0.3, 0.4) is 0 Å². The fourth-order valence-electron chi connectivity index (χ4n) is 2.72. The Kier molecular flexibility index (Phi) is 6.16. The zero-order valence-corrected chi connectivity index (χ0v) is 14.2. The second kappa shape index (κ2) is 8.11. The van der Waals surface area contributed by atoms with Crippen molar-refractivity contribution in [2.24, 2.45) is 0 Å². The first-order valence-electron chi connectivity index (χ1n) is 8.21. The Balaban J connectivity index is 2.17. The van der Waals surface area contributed by atoms with Crippen LogP contribution in [0.1, 0.15) is 31.7 Å². The number of likely N-dealkylation sites (tertiary alicyclic amines) is 1. The lowest BCUT2D eigenvalue weighted by atomic mass is 10.1. The summed E-state index contributed by atoms with van der Waals surface area (Å²) in [5.74, 6) is -0.191. The molecule has 1 heterocycles. The molecule has 0 aromatic heterocycles. The van der Waals surface area contributed by atoms with Gasteiger partial charge >= 0.3 is 0 Å². The van der Waals surface area contributed by atoms with Crippen molar-refractivity contribution in [1.82, 2.24) is 4.90 Å². The molecule has 5 heteroatoms. The summed E-state index contributed by atoms with van der Waals surface area (Å²) in [5, 5.41) is 0. The third-order valence-corrected chi connectivity index (χ3v) is 4.32. The molecule has 1 aliphatic rings. The van der Waals surface area contributed by atoms with Gasteiger partial charge in [0.2, 0.25) is 5.91 Å². The summed E-state index contributed by atoms with van der Waals surface area (Å²) in [6.45, 7) is 5.33. The molecule has 1 atom stereocenters. The molecule has 1 aromatic rings. The van der Waals surface area contributed by atoms with Gasteiger partial charge in [-0.05, 0) is 45.2 Å². The van der Waals surface area contributed by atoms with E-state index in [1.165, 1.54) is 18.4 Å². The van der Waals surface area contributed by atoms with Crippen LogP contribution in [0.25, 0.3) is 0 Å². The van der Waals surface area contributed by atoms with Crippen LogP contribution in [0.15, 0.2) is 24.3 Å². The summed E-state index contributed by atoms with van der Waals surface area (Å²) in [5.41, 5.74) is 1.85. The van der Waals surface area contributed by atoms with Crippen LogP contribution >= 0.6 is 0 Å². The zero-order chi connectivity index (χ0) is 16.8. The minimum absolute atomic E-state index is 0.00179. The van der Waals surface area contributed by atoms with E-state index in [0.29, 0.717) is 0 Å². The third kappa shape index (κ3) is 4.55. The summed E-state index contributed by atoms with van der Waals surface area (Å²) in [4.78, 5) is 28.6. The van der Waals surface area contributed by atoms with Crippen LogP contribution in [-0.4, -0.2) is 49.6 Å². The largest absolute Gasteiger partial charge is 0.372 e. The van der Waals surface area contributed by atoms with Gasteiger partial charge in [0.25, 0.3) is 5.91 Å². The van der Waals surface area contributed by atoms with Gasteiger partial charge in [0.05, 0.1) is 0 Å². The molecular weight excluding hydrogens is 292 g/mol. The first-order chi connectivity index (χ1) is 11.0. The van der Waals surface area contributed by atoms with Crippen LogP contribution in [0.4, 0.5) is 5.69 Å². The first kappa shape index (κ1) is 17.5. The SMILES string of the molecule is COC(C)C(=O)N(CC(=O)N1CCCCC1)c1ccc(C)cc1. The van der Waals surface area contributed by atoms with Crippen LogP contribution in [0.5, 0.6) is 0 Å². The van der Waals surface area contributed by atoms with Crippen molar-refractivity contribution in [3.63, 3.8) is 0 Å². The van der Waals surface area contributed by atoms with Gasteiger partial charge in [-0.3, -0.25) is 9.59 Å². The van der Waals surface area contributed by atoms with E-state index in [4.69, 9.17) is 4.74 Å². The molecule has 0 aliphatic carbocycles. The highest BCUT2D eigenvalue weighted by Crippen LogP contribution is 2.18. The smallest absolute Gasteiger partial charge is 0.256 e. The van der Waals surface area contributed by atoms with Crippen LogP contribution < -0.4 is 4.90 Å². The number of ether oxygens (including phenoxy) is 1. The molecule has 126 valence electrons. The van der Waals surface area contributed by atoms with E-state index in [2.05, 4.69) is 0 Å². The van der Waals surface area contributed by atoms with Crippen molar-refractivity contribution in [2.75, 3.05) is 31.6 Å². The minimum Gasteiger partial charge on any atom is -0.372 e. The maximum absolute atomic E-state index is 12.6. The second-order valence-corrected chi connectivity index (χ2v) is 6.08. The number of carbonyl (C=O) groups excluding carboxylic acids is 2. The van der Waals surface area contributed by atoms with E-state index in [-0.39, 0.29) is 18.4 Å². The molecule has 23 heavy (non-hydrogen) atoms. The van der Waals surface area contributed by atoms with Crippen molar-refractivity contribution < 1.29 is 14.3 Å². The van der Waals surface area contributed by atoms with Gasteiger partial charge in [0.1, 0.15) is 12.6 Å². The van der Waals surface area contributed by atoms with E-state index in [1.807, 2.05) is 36.1 Å². The highest BCUT2D eigenvalue weighted by Gasteiger charge is 2.26. The van der Waals surface area contributed by atoms with Gasteiger partial charge in [0, 0.05) is 25.9 Å². The molecule has 1 saturated heterocycles. The van der Waals surface area contributed by atoms with Gasteiger partial charge in [0.15, 0.2) is 0 Å². The van der Waals surface area contributed by atoms with Gasteiger partial charge < -0.3 is 14.5 Å². The van der Waals surface area contributed by atoms with Crippen molar-refractivity contribution in [2.45, 2.75) is 39.2 Å². The predicted octanol–water partition coefficient (Wildman–Crippen LogP) is 2.38. The molecule has 0 radical (unpaired) electrons. The Bertz CT molecular complexity index is 536. The summed E-state index contributed by atoms with van der Waals surface area (Å²) in [7, 11) is 1.50. The number of anilines is 1. The lowest BCUT2D eigenvalue weighted by Gasteiger charge is -2.31. The molecule has 1 aliphatic heterocycles. The molecule has 0 saturated carbocycles. The van der Waals surface area contributed by atoms with Crippen LogP contribution in [0, 0.1) is 6.92 Å². The van der Waals surface area contributed by atoms with Gasteiger partial charge in [-0.25, -0.2) is 0 Å². The van der Waals surface area contributed by atoms with E-state index in [0.717, 1.165) is 37.2 Å². The lowest BCUT2D eigenvalue weighted by molar-refractivity contribution is -0.134. The molecule has 1 fully saturated rings. The fraction of sp³-hybridized carbons (Fsp3) is 0.556. The number of piperidine rings is 1. The maximum atomic E-state index is 12.6. The van der Waals surface area contributed by atoms with E-state index in [9.17, 15) is 9.59 Å². The molecule has 0 N–H and O–H groups in total.